The van der Waals surface area contributed by atoms with Crippen molar-refractivity contribution in [3.05, 3.63) is 54.0 Å². The van der Waals surface area contributed by atoms with Crippen molar-refractivity contribution in [1.82, 2.24) is 4.98 Å². The van der Waals surface area contributed by atoms with Crippen molar-refractivity contribution in [2.24, 2.45) is 0 Å². The van der Waals surface area contributed by atoms with E-state index < -0.39 is 0 Å². The third kappa shape index (κ3) is 2.16. The minimum atomic E-state index is -0.325. The zero-order valence-corrected chi connectivity index (χ0v) is 9.97. The van der Waals surface area contributed by atoms with E-state index in [1.807, 2.05) is 6.92 Å². The van der Waals surface area contributed by atoms with Crippen molar-refractivity contribution in [1.29, 1.82) is 5.26 Å². The van der Waals surface area contributed by atoms with Gasteiger partial charge in [0.2, 0.25) is 0 Å². The average molecular weight is 241 g/mol. The molecule has 0 radical (unpaired) electrons. The molecular formula is C14H12FN3. The molecule has 0 aliphatic rings. The fraction of sp³-hybridized carbons (Fsp3) is 0.143. The number of nitrogens with zero attached hydrogens (tertiary/aromatic N) is 3. The summed E-state index contributed by atoms with van der Waals surface area (Å²) >= 11 is 0. The first kappa shape index (κ1) is 12.1. The summed E-state index contributed by atoms with van der Waals surface area (Å²) in [7, 11) is 0. The predicted octanol–water partition coefficient (Wildman–Crippen LogP) is 3.25. The Balaban J connectivity index is 2.53. The maximum atomic E-state index is 13.8. The Labute approximate surface area is 105 Å². The Kier molecular flexibility index (Phi) is 3.54. The van der Waals surface area contributed by atoms with E-state index in [0.717, 1.165) is 0 Å². The van der Waals surface area contributed by atoms with Crippen LogP contribution in [0.4, 0.5) is 15.9 Å². The highest BCUT2D eigenvalue weighted by molar-refractivity contribution is 5.65. The molecule has 0 aliphatic heterocycles. The maximum absolute atomic E-state index is 13.8. The van der Waals surface area contributed by atoms with E-state index in [2.05, 4.69) is 11.1 Å². The SMILES string of the molecule is CCN(c1ccccc1F)c1ncccc1C#N. The molecule has 18 heavy (non-hydrogen) atoms. The van der Waals surface area contributed by atoms with Gasteiger partial charge in [0.25, 0.3) is 0 Å². The van der Waals surface area contributed by atoms with Gasteiger partial charge in [0.1, 0.15) is 11.9 Å². The summed E-state index contributed by atoms with van der Waals surface area (Å²) in [6, 6.07) is 11.9. The molecular weight excluding hydrogens is 229 g/mol. The molecule has 0 amide bonds. The van der Waals surface area contributed by atoms with Crippen molar-refractivity contribution in [3.63, 3.8) is 0 Å². The summed E-state index contributed by atoms with van der Waals surface area (Å²) in [5.41, 5.74) is 0.859. The Morgan fingerprint density at radius 1 is 1.28 bits per heavy atom. The molecule has 0 fully saturated rings. The van der Waals surface area contributed by atoms with Crippen LogP contribution in [-0.2, 0) is 0 Å². The van der Waals surface area contributed by atoms with E-state index in [1.54, 1.807) is 41.4 Å². The minimum absolute atomic E-state index is 0.325. The van der Waals surface area contributed by atoms with Gasteiger partial charge in [0.05, 0.1) is 11.3 Å². The molecule has 1 aromatic heterocycles. The van der Waals surface area contributed by atoms with Crippen LogP contribution in [0.2, 0.25) is 0 Å². The third-order valence-electron chi connectivity index (χ3n) is 2.62. The molecule has 1 aromatic carbocycles. The van der Waals surface area contributed by atoms with Crippen LogP contribution in [0.15, 0.2) is 42.6 Å². The van der Waals surface area contributed by atoms with Gasteiger partial charge >= 0.3 is 0 Å². The first-order valence-corrected chi connectivity index (χ1v) is 5.65. The first-order chi connectivity index (χ1) is 8.77. The maximum Gasteiger partial charge on any atom is 0.150 e. The van der Waals surface area contributed by atoms with E-state index in [0.29, 0.717) is 23.6 Å². The van der Waals surface area contributed by atoms with Crippen LogP contribution in [-0.4, -0.2) is 11.5 Å². The highest BCUT2D eigenvalue weighted by atomic mass is 19.1. The molecule has 0 unspecified atom stereocenters. The molecule has 3 nitrogen and oxygen atoms in total. The van der Waals surface area contributed by atoms with Crippen LogP contribution < -0.4 is 4.90 Å². The van der Waals surface area contributed by atoms with Gasteiger partial charge < -0.3 is 4.90 Å². The van der Waals surface area contributed by atoms with Crippen LogP contribution in [0.3, 0.4) is 0 Å². The van der Waals surface area contributed by atoms with Crippen LogP contribution in [0, 0.1) is 17.1 Å². The number of aromatic nitrogens is 1. The Hall–Kier alpha value is -2.41. The topological polar surface area (TPSA) is 39.9 Å². The second kappa shape index (κ2) is 5.28. The standard InChI is InChI=1S/C14H12FN3/c1-2-18(13-8-4-3-7-12(13)15)14-11(10-16)6-5-9-17-14/h3-9H,2H2,1H3. The van der Waals surface area contributed by atoms with E-state index >= 15 is 0 Å². The molecule has 0 N–H and O–H groups in total. The summed E-state index contributed by atoms with van der Waals surface area (Å²) in [4.78, 5) is 5.86. The fourth-order valence-corrected chi connectivity index (χ4v) is 1.80. The summed E-state index contributed by atoms with van der Waals surface area (Å²) in [6.45, 7) is 2.43. The van der Waals surface area contributed by atoms with Gasteiger partial charge in [-0.15, -0.1) is 0 Å². The lowest BCUT2D eigenvalue weighted by Crippen LogP contribution is -2.19. The van der Waals surface area contributed by atoms with E-state index in [1.165, 1.54) is 6.07 Å². The summed E-state index contributed by atoms with van der Waals surface area (Å²) in [5.74, 6) is 0.154. The lowest BCUT2D eigenvalue weighted by Gasteiger charge is -2.23. The van der Waals surface area contributed by atoms with Crippen molar-refractivity contribution in [3.8, 4) is 6.07 Å². The lowest BCUT2D eigenvalue weighted by molar-refractivity contribution is 0.625. The third-order valence-corrected chi connectivity index (χ3v) is 2.62. The molecule has 0 spiro atoms. The number of rotatable bonds is 3. The van der Waals surface area contributed by atoms with Gasteiger partial charge in [0.15, 0.2) is 5.82 Å². The first-order valence-electron chi connectivity index (χ1n) is 5.65. The van der Waals surface area contributed by atoms with Crippen molar-refractivity contribution in [2.75, 3.05) is 11.4 Å². The van der Waals surface area contributed by atoms with Crippen LogP contribution in [0.25, 0.3) is 0 Å². The number of hydrogen-bond donors (Lipinski definition) is 0. The number of hydrogen-bond acceptors (Lipinski definition) is 3. The normalized spacial score (nSPS) is 9.83. The van der Waals surface area contributed by atoms with Crippen molar-refractivity contribution in [2.45, 2.75) is 6.92 Å². The Bertz CT molecular complexity index is 590. The lowest BCUT2D eigenvalue weighted by atomic mass is 10.2. The Morgan fingerprint density at radius 2 is 2.06 bits per heavy atom. The van der Waals surface area contributed by atoms with Gasteiger partial charge in [-0.3, -0.25) is 0 Å². The van der Waals surface area contributed by atoms with E-state index in [-0.39, 0.29) is 5.82 Å². The zero-order chi connectivity index (χ0) is 13.0. The van der Waals surface area contributed by atoms with Crippen LogP contribution >= 0.6 is 0 Å². The molecule has 0 bridgehead atoms. The molecule has 0 saturated carbocycles. The molecule has 0 atom stereocenters. The quantitative estimate of drug-likeness (QED) is 0.828. The monoisotopic (exact) mass is 241 g/mol. The highest BCUT2D eigenvalue weighted by Crippen LogP contribution is 2.27. The van der Waals surface area contributed by atoms with Crippen LogP contribution in [0.1, 0.15) is 12.5 Å². The number of anilines is 2. The summed E-state index contributed by atoms with van der Waals surface area (Å²) in [5, 5.41) is 9.07. The van der Waals surface area contributed by atoms with Crippen LogP contribution in [0.5, 0.6) is 0 Å². The van der Waals surface area contributed by atoms with E-state index in [4.69, 9.17) is 5.26 Å². The Morgan fingerprint density at radius 3 is 2.72 bits per heavy atom. The number of benzene rings is 1. The van der Waals surface area contributed by atoms with Gasteiger partial charge in [0, 0.05) is 12.7 Å². The van der Waals surface area contributed by atoms with Crippen molar-refractivity contribution >= 4 is 11.5 Å². The van der Waals surface area contributed by atoms with Gasteiger partial charge in [-0.25, -0.2) is 9.37 Å². The summed E-state index contributed by atoms with van der Waals surface area (Å²) in [6.07, 6.45) is 1.60. The minimum Gasteiger partial charge on any atom is -0.323 e. The number of para-hydroxylation sites is 1. The molecule has 0 saturated heterocycles. The molecule has 0 aliphatic carbocycles. The average Bonchev–Trinajstić information content (AvgIpc) is 2.42. The number of pyridine rings is 1. The van der Waals surface area contributed by atoms with E-state index in [9.17, 15) is 4.39 Å². The predicted molar refractivity (Wildman–Crippen MR) is 68.0 cm³/mol. The smallest absolute Gasteiger partial charge is 0.150 e. The zero-order valence-electron chi connectivity index (χ0n) is 9.97. The van der Waals surface area contributed by atoms with Crippen molar-refractivity contribution < 1.29 is 4.39 Å². The van der Waals surface area contributed by atoms with Gasteiger partial charge in [-0.2, -0.15) is 5.26 Å². The molecule has 2 rings (SSSR count). The molecule has 1 heterocycles. The second-order valence-corrected chi connectivity index (χ2v) is 3.68. The molecule has 90 valence electrons. The fourth-order valence-electron chi connectivity index (χ4n) is 1.80. The van der Waals surface area contributed by atoms with Gasteiger partial charge in [-0.1, -0.05) is 12.1 Å². The molecule has 2 aromatic rings. The number of halogens is 1. The summed E-state index contributed by atoms with van der Waals surface area (Å²) < 4.78 is 13.8. The number of nitriles is 1. The molecule has 4 heteroatoms. The second-order valence-electron chi connectivity index (χ2n) is 3.68. The van der Waals surface area contributed by atoms with Gasteiger partial charge in [-0.05, 0) is 31.2 Å². The largest absolute Gasteiger partial charge is 0.323 e. The highest BCUT2D eigenvalue weighted by Gasteiger charge is 2.15.